The maximum Gasteiger partial charge on any atom is 0.234 e. The Labute approximate surface area is 118 Å². The Morgan fingerprint density at radius 1 is 1.58 bits per heavy atom. The lowest BCUT2D eigenvalue weighted by molar-refractivity contribution is -0.113. The first-order chi connectivity index (χ1) is 9.19. The van der Waals surface area contributed by atoms with E-state index in [4.69, 9.17) is 10.5 Å². The first kappa shape index (κ1) is 13.6. The molecule has 2 aromatic rings. The van der Waals surface area contributed by atoms with Gasteiger partial charge in [0.15, 0.2) is 4.34 Å². The molecule has 8 heteroatoms. The highest BCUT2D eigenvalue weighted by atomic mass is 32.2. The number of hydrogen-bond donors (Lipinski definition) is 2. The van der Waals surface area contributed by atoms with Gasteiger partial charge in [-0.2, -0.15) is 4.37 Å². The number of amides is 1. The Morgan fingerprint density at radius 3 is 3.11 bits per heavy atom. The van der Waals surface area contributed by atoms with E-state index in [1.54, 1.807) is 18.2 Å². The number of rotatable bonds is 5. The van der Waals surface area contributed by atoms with Gasteiger partial charge in [-0.25, -0.2) is 4.98 Å². The van der Waals surface area contributed by atoms with Gasteiger partial charge < -0.3 is 15.8 Å². The van der Waals surface area contributed by atoms with Crippen LogP contribution in [0.15, 0.2) is 28.9 Å². The van der Waals surface area contributed by atoms with Crippen molar-refractivity contribution in [2.45, 2.75) is 4.34 Å². The minimum atomic E-state index is -0.149. The molecule has 1 amide bonds. The first-order valence-electron chi connectivity index (χ1n) is 5.32. The summed E-state index contributed by atoms with van der Waals surface area (Å²) in [5.74, 6) is 0.681. The average molecular weight is 296 g/mol. The van der Waals surface area contributed by atoms with E-state index in [-0.39, 0.29) is 11.7 Å². The number of aromatic nitrogens is 2. The van der Waals surface area contributed by atoms with Crippen LogP contribution in [0.4, 0.5) is 11.4 Å². The second kappa shape index (κ2) is 6.39. The molecule has 0 aliphatic heterocycles. The van der Waals surface area contributed by atoms with Crippen LogP contribution in [-0.2, 0) is 4.79 Å². The van der Waals surface area contributed by atoms with E-state index in [0.29, 0.717) is 17.1 Å². The number of carbonyl (C=O) groups excluding carboxylic acids is 1. The van der Waals surface area contributed by atoms with Crippen LogP contribution in [0.1, 0.15) is 0 Å². The van der Waals surface area contributed by atoms with E-state index in [1.807, 2.05) is 0 Å². The van der Waals surface area contributed by atoms with E-state index < -0.39 is 0 Å². The third-order valence-corrected chi connectivity index (χ3v) is 3.96. The topological polar surface area (TPSA) is 90.1 Å². The number of ether oxygens (including phenoxy) is 1. The van der Waals surface area contributed by atoms with Crippen molar-refractivity contribution in [3.63, 3.8) is 0 Å². The molecule has 0 aliphatic carbocycles. The van der Waals surface area contributed by atoms with Gasteiger partial charge in [-0.3, -0.25) is 4.79 Å². The summed E-state index contributed by atoms with van der Waals surface area (Å²) < 4.78 is 9.78. The van der Waals surface area contributed by atoms with Crippen LogP contribution in [-0.4, -0.2) is 28.1 Å². The summed E-state index contributed by atoms with van der Waals surface area (Å²) >= 11 is 2.59. The molecule has 100 valence electrons. The molecule has 0 atom stereocenters. The van der Waals surface area contributed by atoms with Crippen molar-refractivity contribution in [3.8, 4) is 5.75 Å². The number of nitrogens with two attached hydrogens (primary N) is 1. The van der Waals surface area contributed by atoms with Crippen LogP contribution in [0, 0.1) is 0 Å². The Bertz CT molecular complexity index is 560. The third-order valence-electron chi connectivity index (χ3n) is 2.17. The Kier molecular flexibility index (Phi) is 4.58. The minimum Gasteiger partial charge on any atom is -0.495 e. The number of hydrogen-bond acceptors (Lipinski definition) is 7. The zero-order valence-electron chi connectivity index (χ0n) is 10.1. The van der Waals surface area contributed by atoms with E-state index >= 15 is 0 Å². The summed E-state index contributed by atoms with van der Waals surface area (Å²) in [6, 6.07) is 5.08. The summed E-state index contributed by atoms with van der Waals surface area (Å²) in [6.45, 7) is 0. The van der Waals surface area contributed by atoms with Gasteiger partial charge in [0, 0.05) is 5.69 Å². The summed E-state index contributed by atoms with van der Waals surface area (Å²) in [4.78, 5) is 15.8. The van der Waals surface area contributed by atoms with Crippen molar-refractivity contribution in [2.24, 2.45) is 0 Å². The maximum absolute atomic E-state index is 11.8. The number of nitrogen functional groups attached to an aromatic ring is 1. The highest BCUT2D eigenvalue weighted by molar-refractivity contribution is 8.01. The Morgan fingerprint density at radius 2 is 2.42 bits per heavy atom. The first-order valence-corrected chi connectivity index (χ1v) is 7.08. The molecule has 2 rings (SSSR count). The van der Waals surface area contributed by atoms with Crippen LogP contribution in [0.3, 0.4) is 0 Å². The summed E-state index contributed by atoms with van der Waals surface area (Å²) in [7, 11) is 1.54. The van der Waals surface area contributed by atoms with Gasteiger partial charge in [0.2, 0.25) is 5.91 Å². The molecule has 0 fully saturated rings. The van der Waals surface area contributed by atoms with Gasteiger partial charge >= 0.3 is 0 Å². The molecule has 1 heterocycles. The fraction of sp³-hybridized carbons (Fsp3) is 0.182. The smallest absolute Gasteiger partial charge is 0.234 e. The molecule has 1 aromatic heterocycles. The fourth-order valence-electron chi connectivity index (χ4n) is 1.36. The lowest BCUT2D eigenvalue weighted by Gasteiger charge is -2.10. The van der Waals surface area contributed by atoms with Gasteiger partial charge in [0.1, 0.15) is 12.1 Å². The molecule has 3 N–H and O–H groups in total. The number of nitrogens with one attached hydrogen (secondary N) is 1. The van der Waals surface area contributed by atoms with Gasteiger partial charge in [-0.15, -0.1) is 0 Å². The van der Waals surface area contributed by atoms with Gasteiger partial charge in [0.25, 0.3) is 0 Å². The van der Waals surface area contributed by atoms with Crippen molar-refractivity contribution in [1.82, 2.24) is 9.36 Å². The molecule has 0 aliphatic rings. The summed E-state index contributed by atoms with van der Waals surface area (Å²) in [5, 5.41) is 2.76. The van der Waals surface area contributed by atoms with E-state index in [0.717, 1.165) is 4.34 Å². The molecule has 0 unspecified atom stereocenters. The van der Waals surface area contributed by atoms with Gasteiger partial charge in [0.05, 0.1) is 18.6 Å². The normalized spacial score (nSPS) is 10.2. The summed E-state index contributed by atoms with van der Waals surface area (Å²) in [6.07, 6.45) is 1.46. The van der Waals surface area contributed by atoms with Crippen molar-refractivity contribution in [1.29, 1.82) is 0 Å². The number of carbonyl (C=O) groups is 1. The molecule has 0 saturated heterocycles. The molecule has 0 radical (unpaired) electrons. The fourth-order valence-corrected chi connectivity index (χ4v) is 2.61. The molecule has 1 aromatic carbocycles. The molecule has 6 nitrogen and oxygen atoms in total. The van der Waals surface area contributed by atoms with E-state index in [9.17, 15) is 4.79 Å². The number of anilines is 2. The second-order valence-electron chi connectivity index (χ2n) is 3.50. The lowest BCUT2D eigenvalue weighted by Crippen LogP contribution is -2.14. The van der Waals surface area contributed by atoms with E-state index in [1.165, 1.54) is 36.7 Å². The number of nitrogens with zero attached hydrogens (tertiary/aromatic N) is 2. The van der Waals surface area contributed by atoms with Crippen LogP contribution in [0.5, 0.6) is 5.75 Å². The van der Waals surface area contributed by atoms with Crippen LogP contribution >= 0.6 is 23.3 Å². The third kappa shape index (κ3) is 3.83. The molecule has 0 bridgehead atoms. The van der Waals surface area contributed by atoms with Crippen molar-refractivity contribution < 1.29 is 9.53 Å². The second-order valence-corrected chi connectivity index (χ2v) is 5.51. The molecule has 0 saturated carbocycles. The highest BCUT2D eigenvalue weighted by Crippen LogP contribution is 2.27. The Balaban J connectivity index is 1.96. The van der Waals surface area contributed by atoms with E-state index in [2.05, 4.69) is 14.7 Å². The molecular weight excluding hydrogens is 284 g/mol. The monoisotopic (exact) mass is 296 g/mol. The van der Waals surface area contributed by atoms with Crippen molar-refractivity contribution in [3.05, 3.63) is 24.5 Å². The standard InChI is InChI=1S/C11H12N4O2S2/c1-17-9-3-2-7(12)4-8(9)15-10(16)5-18-11-13-6-14-19-11/h2-4,6H,5,12H2,1H3,(H,15,16). The van der Waals surface area contributed by atoms with Gasteiger partial charge in [-0.1, -0.05) is 11.8 Å². The van der Waals surface area contributed by atoms with Crippen molar-refractivity contribution >= 4 is 40.6 Å². The van der Waals surface area contributed by atoms with Crippen LogP contribution in [0.25, 0.3) is 0 Å². The lowest BCUT2D eigenvalue weighted by atomic mass is 10.2. The maximum atomic E-state index is 11.8. The zero-order chi connectivity index (χ0) is 13.7. The quantitative estimate of drug-likeness (QED) is 0.646. The molecular formula is C11H12N4O2S2. The van der Waals surface area contributed by atoms with Crippen LogP contribution < -0.4 is 15.8 Å². The number of methoxy groups -OCH3 is 1. The largest absolute Gasteiger partial charge is 0.495 e. The predicted molar refractivity (Wildman–Crippen MR) is 76.7 cm³/mol. The summed E-state index contributed by atoms with van der Waals surface area (Å²) in [5.41, 5.74) is 6.80. The minimum absolute atomic E-state index is 0.149. The van der Waals surface area contributed by atoms with Crippen molar-refractivity contribution in [2.75, 3.05) is 23.9 Å². The molecule has 19 heavy (non-hydrogen) atoms. The molecule has 0 spiro atoms. The zero-order valence-corrected chi connectivity index (χ0v) is 11.8. The highest BCUT2D eigenvalue weighted by Gasteiger charge is 2.09. The SMILES string of the molecule is COc1ccc(N)cc1NC(=O)CSc1ncns1. The predicted octanol–water partition coefficient (Wildman–Crippen LogP) is 1.86. The Hall–Kier alpha value is -1.80. The van der Waals surface area contributed by atoms with Gasteiger partial charge in [-0.05, 0) is 29.7 Å². The average Bonchev–Trinajstić information content (AvgIpc) is 2.90. The van der Waals surface area contributed by atoms with Crippen LogP contribution in [0.2, 0.25) is 0 Å². The number of benzene rings is 1. The number of thioether (sulfide) groups is 1.